The van der Waals surface area contributed by atoms with Crippen LogP contribution in [0.15, 0.2) is 18.3 Å². The molecule has 1 aliphatic carbocycles. The third kappa shape index (κ3) is 3.97. The highest BCUT2D eigenvalue weighted by Crippen LogP contribution is 2.36. The minimum absolute atomic E-state index is 0.0696. The molecule has 0 aromatic carbocycles. The maximum Gasteiger partial charge on any atom is 0.270 e. The van der Waals surface area contributed by atoms with Gasteiger partial charge in [0.1, 0.15) is 18.1 Å². The van der Waals surface area contributed by atoms with Crippen molar-refractivity contribution in [2.75, 3.05) is 13.7 Å². The van der Waals surface area contributed by atoms with Crippen molar-refractivity contribution in [2.24, 2.45) is 0 Å². The number of carbonyl (C=O) groups is 1. The Morgan fingerprint density at radius 1 is 1.44 bits per heavy atom. The van der Waals surface area contributed by atoms with E-state index in [9.17, 15) is 9.90 Å². The fourth-order valence-electron chi connectivity index (χ4n) is 2.91. The molecular weight excluding hydrogens is 346 g/mol. The maximum absolute atomic E-state index is 12.2. The number of halogens is 1. The Hall–Kier alpha value is -2.03. The molecule has 1 saturated carbocycles. The number of methoxy groups -OCH3 is 1. The summed E-state index contributed by atoms with van der Waals surface area (Å²) in [7, 11) is 1.63. The molecule has 25 heavy (non-hydrogen) atoms. The molecule has 0 aliphatic heterocycles. The first kappa shape index (κ1) is 17.8. The molecule has 2 aromatic rings. The molecule has 0 saturated heterocycles. The van der Waals surface area contributed by atoms with Gasteiger partial charge in [-0.05, 0) is 25.0 Å². The van der Waals surface area contributed by atoms with Crippen LogP contribution in [0, 0.1) is 0 Å². The van der Waals surface area contributed by atoms with Gasteiger partial charge in [0, 0.05) is 31.8 Å². The zero-order chi connectivity index (χ0) is 17.8. The van der Waals surface area contributed by atoms with Crippen molar-refractivity contribution in [3.63, 3.8) is 0 Å². The van der Waals surface area contributed by atoms with Crippen molar-refractivity contribution < 1.29 is 14.6 Å². The molecule has 0 unspecified atom stereocenters. The number of aliphatic hydroxyl groups excluding tert-OH is 1. The van der Waals surface area contributed by atoms with Gasteiger partial charge in [0.2, 0.25) is 0 Å². The molecule has 2 N–H and O–H groups in total. The molecule has 1 aliphatic rings. The predicted octanol–water partition coefficient (Wildman–Crippen LogP) is 1.14. The summed E-state index contributed by atoms with van der Waals surface area (Å²) in [5.74, 6) is 1.35. The lowest BCUT2D eigenvalue weighted by Crippen LogP contribution is -2.44. The van der Waals surface area contributed by atoms with Crippen molar-refractivity contribution >= 4 is 17.5 Å². The first-order valence-corrected chi connectivity index (χ1v) is 8.44. The Labute approximate surface area is 150 Å². The van der Waals surface area contributed by atoms with Crippen molar-refractivity contribution in [1.82, 2.24) is 25.1 Å². The average molecular weight is 366 g/mol. The van der Waals surface area contributed by atoms with Crippen LogP contribution < -0.4 is 5.32 Å². The van der Waals surface area contributed by atoms with Gasteiger partial charge in [-0.2, -0.15) is 0 Å². The third-order valence-electron chi connectivity index (χ3n) is 4.31. The van der Waals surface area contributed by atoms with Gasteiger partial charge in [-0.3, -0.25) is 4.79 Å². The second-order valence-corrected chi connectivity index (χ2v) is 6.41. The van der Waals surface area contributed by atoms with E-state index in [0.717, 1.165) is 18.7 Å². The third-order valence-corrected chi connectivity index (χ3v) is 4.54. The minimum Gasteiger partial charge on any atom is -0.388 e. The molecule has 1 fully saturated rings. The van der Waals surface area contributed by atoms with E-state index in [-0.39, 0.29) is 24.5 Å². The van der Waals surface area contributed by atoms with Crippen LogP contribution in [0.25, 0.3) is 0 Å². The molecule has 0 atom stereocenters. The number of hydrogen-bond donors (Lipinski definition) is 2. The van der Waals surface area contributed by atoms with Crippen LogP contribution in [-0.2, 0) is 17.9 Å². The fraction of sp³-hybridized carbons (Fsp3) is 0.500. The molecule has 2 aromatic heterocycles. The highest BCUT2D eigenvalue weighted by atomic mass is 35.5. The van der Waals surface area contributed by atoms with Gasteiger partial charge in [-0.15, -0.1) is 10.2 Å². The molecule has 0 bridgehead atoms. The highest BCUT2D eigenvalue weighted by Gasteiger charge is 2.35. The largest absolute Gasteiger partial charge is 0.388 e. The number of amides is 1. The highest BCUT2D eigenvalue weighted by molar-refractivity contribution is 6.30. The lowest BCUT2D eigenvalue weighted by molar-refractivity contribution is 0.0901. The van der Waals surface area contributed by atoms with Crippen LogP contribution in [0.4, 0.5) is 0 Å². The quantitative estimate of drug-likeness (QED) is 0.762. The van der Waals surface area contributed by atoms with E-state index in [1.807, 2.05) is 4.57 Å². The molecule has 0 radical (unpaired) electrons. The van der Waals surface area contributed by atoms with Crippen molar-refractivity contribution in [3.8, 4) is 0 Å². The monoisotopic (exact) mass is 365 g/mol. The van der Waals surface area contributed by atoms with Gasteiger partial charge in [0.25, 0.3) is 5.91 Å². The van der Waals surface area contributed by atoms with Crippen molar-refractivity contribution in [3.05, 3.63) is 40.7 Å². The number of nitrogens with zero attached hydrogens (tertiary/aromatic N) is 4. The van der Waals surface area contributed by atoms with Crippen LogP contribution in [0.3, 0.4) is 0 Å². The Morgan fingerprint density at radius 3 is 2.88 bits per heavy atom. The topological polar surface area (TPSA) is 102 Å². The number of nitrogens with one attached hydrogen (secondary N) is 1. The van der Waals surface area contributed by atoms with Crippen molar-refractivity contribution in [2.45, 2.75) is 38.0 Å². The molecule has 9 heteroatoms. The van der Waals surface area contributed by atoms with Gasteiger partial charge >= 0.3 is 0 Å². The van der Waals surface area contributed by atoms with Crippen LogP contribution in [0.1, 0.15) is 40.9 Å². The van der Waals surface area contributed by atoms with Gasteiger partial charge in [-0.1, -0.05) is 11.6 Å². The Bertz CT molecular complexity index is 728. The average Bonchev–Trinajstić information content (AvgIpc) is 2.98. The molecule has 0 spiro atoms. The smallest absolute Gasteiger partial charge is 0.270 e. The molecule has 2 heterocycles. The van der Waals surface area contributed by atoms with Gasteiger partial charge < -0.3 is 19.7 Å². The van der Waals surface area contributed by atoms with Crippen LogP contribution in [0.2, 0.25) is 5.02 Å². The summed E-state index contributed by atoms with van der Waals surface area (Å²) in [6.45, 7) is 0.954. The second kappa shape index (κ2) is 7.90. The SMILES string of the molecule is COCCn1c(CO)nnc1C1CC(NC(=O)c2ccc(Cl)cn2)C1. The van der Waals surface area contributed by atoms with Crippen LogP contribution in [0.5, 0.6) is 0 Å². The van der Waals surface area contributed by atoms with Crippen LogP contribution >= 0.6 is 11.6 Å². The second-order valence-electron chi connectivity index (χ2n) is 5.98. The summed E-state index contributed by atoms with van der Waals surface area (Å²) < 4.78 is 7.00. The Balaban J connectivity index is 1.58. The Morgan fingerprint density at radius 2 is 2.24 bits per heavy atom. The molecule has 3 rings (SSSR count). The maximum atomic E-state index is 12.2. The molecule has 134 valence electrons. The zero-order valence-electron chi connectivity index (χ0n) is 13.9. The molecule has 8 nitrogen and oxygen atoms in total. The van der Waals surface area contributed by atoms with E-state index in [1.54, 1.807) is 19.2 Å². The zero-order valence-corrected chi connectivity index (χ0v) is 14.6. The lowest BCUT2D eigenvalue weighted by atomic mass is 9.79. The van der Waals surface area contributed by atoms with E-state index in [4.69, 9.17) is 16.3 Å². The molecular formula is C16H20ClN5O3. The summed E-state index contributed by atoms with van der Waals surface area (Å²) in [6, 6.07) is 3.31. The number of carbonyl (C=O) groups excluding carboxylic acids is 1. The lowest BCUT2D eigenvalue weighted by Gasteiger charge is -2.35. The van der Waals surface area contributed by atoms with E-state index in [1.165, 1.54) is 6.20 Å². The Kier molecular flexibility index (Phi) is 5.62. The first-order chi connectivity index (χ1) is 12.1. The summed E-state index contributed by atoms with van der Waals surface area (Å²) >= 11 is 5.78. The normalized spacial score (nSPS) is 19.5. The standard InChI is InChI=1S/C16H20ClN5O3/c1-25-5-4-22-14(9-23)20-21-15(22)10-6-12(7-10)19-16(24)13-3-2-11(17)8-18-13/h2-3,8,10,12,23H,4-7,9H2,1H3,(H,19,24). The van der Waals surface area contributed by atoms with Crippen molar-refractivity contribution in [1.29, 1.82) is 0 Å². The summed E-state index contributed by atoms with van der Waals surface area (Å²) in [6.07, 6.45) is 3.00. The van der Waals surface area contributed by atoms with Gasteiger partial charge in [-0.25, -0.2) is 4.98 Å². The minimum atomic E-state index is -0.211. The number of aromatic nitrogens is 4. The number of pyridine rings is 1. The fourth-order valence-corrected chi connectivity index (χ4v) is 3.02. The van der Waals surface area contributed by atoms with Gasteiger partial charge in [0.05, 0.1) is 11.6 Å². The van der Waals surface area contributed by atoms with Crippen LogP contribution in [-0.4, -0.2) is 50.5 Å². The molecule has 1 amide bonds. The van der Waals surface area contributed by atoms with E-state index >= 15 is 0 Å². The van der Waals surface area contributed by atoms with E-state index < -0.39 is 0 Å². The number of hydrogen-bond acceptors (Lipinski definition) is 6. The van der Waals surface area contributed by atoms with E-state index in [2.05, 4.69) is 20.5 Å². The number of aliphatic hydroxyl groups is 1. The predicted molar refractivity (Wildman–Crippen MR) is 90.3 cm³/mol. The van der Waals surface area contributed by atoms with E-state index in [0.29, 0.717) is 29.7 Å². The first-order valence-electron chi connectivity index (χ1n) is 8.06. The summed E-state index contributed by atoms with van der Waals surface area (Å²) in [5, 5.41) is 21.1. The summed E-state index contributed by atoms with van der Waals surface area (Å²) in [5.41, 5.74) is 0.346. The number of ether oxygens (including phenoxy) is 1. The van der Waals surface area contributed by atoms with Gasteiger partial charge in [0.15, 0.2) is 5.82 Å². The number of rotatable bonds is 7. The summed E-state index contributed by atoms with van der Waals surface area (Å²) in [4.78, 5) is 16.2.